The Morgan fingerprint density at radius 3 is 2.78 bits per heavy atom. The average molecular weight is 255 g/mol. The normalized spacial score (nSPS) is 10.1. The minimum absolute atomic E-state index is 0.0644. The number of aliphatic hydroxyl groups excluding tert-OH is 1. The molecule has 0 unspecified atom stereocenters. The van der Waals surface area contributed by atoms with Crippen molar-refractivity contribution >= 4 is 5.97 Å². The lowest BCUT2D eigenvalue weighted by atomic mass is 10.2. The van der Waals surface area contributed by atoms with E-state index in [9.17, 15) is 4.79 Å². The Morgan fingerprint density at radius 2 is 2.17 bits per heavy atom. The van der Waals surface area contributed by atoms with Gasteiger partial charge in [-0.25, -0.2) is 0 Å². The number of hydrogen-bond acceptors (Lipinski definition) is 5. The largest absolute Gasteiger partial charge is 0.493 e. The van der Waals surface area contributed by atoms with Crippen molar-refractivity contribution in [1.29, 1.82) is 0 Å². The van der Waals surface area contributed by atoms with Gasteiger partial charge in [-0.3, -0.25) is 4.79 Å². The third kappa shape index (κ3) is 4.60. The molecular weight excluding hydrogens is 238 g/mol. The molecular formula is C12H17NO5. The van der Waals surface area contributed by atoms with Crippen molar-refractivity contribution in [1.82, 2.24) is 5.32 Å². The van der Waals surface area contributed by atoms with E-state index in [1.807, 2.05) is 6.07 Å². The second-order valence-corrected chi connectivity index (χ2v) is 3.55. The van der Waals surface area contributed by atoms with Gasteiger partial charge in [-0.2, -0.15) is 0 Å². The molecule has 0 amide bonds. The predicted molar refractivity (Wildman–Crippen MR) is 64.9 cm³/mol. The fourth-order valence-corrected chi connectivity index (χ4v) is 1.41. The van der Waals surface area contributed by atoms with Crippen molar-refractivity contribution in [3.8, 4) is 11.5 Å². The van der Waals surface area contributed by atoms with Crippen molar-refractivity contribution in [2.45, 2.75) is 6.54 Å². The Balaban J connectivity index is 2.63. The molecule has 100 valence electrons. The Morgan fingerprint density at radius 1 is 1.39 bits per heavy atom. The van der Waals surface area contributed by atoms with Crippen LogP contribution >= 0.6 is 0 Å². The summed E-state index contributed by atoms with van der Waals surface area (Å²) in [5, 5.41) is 20.0. The zero-order valence-electron chi connectivity index (χ0n) is 10.2. The van der Waals surface area contributed by atoms with E-state index in [1.165, 1.54) is 7.11 Å². The van der Waals surface area contributed by atoms with Crippen molar-refractivity contribution in [2.24, 2.45) is 0 Å². The van der Waals surface area contributed by atoms with Crippen LogP contribution in [0.4, 0.5) is 0 Å². The lowest BCUT2D eigenvalue weighted by Gasteiger charge is -2.11. The number of ether oxygens (including phenoxy) is 2. The van der Waals surface area contributed by atoms with Crippen LogP contribution in [0.3, 0.4) is 0 Å². The molecule has 18 heavy (non-hydrogen) atoms. The SMILES string of the molecule is COc1cc(CNCC(=O)O)ccc1OCCO. The van der Waals surface area contributed by atoms with Gasteiger partial charge in [0.2, 0.25) is 0 Å². The molecule has 0 fully saturated rings. The smallest absolute Gasteiger partial charge is 0.317 e. The standard InChI is InChI=1S/C12H17NO5/c1-17-11-6-9(7-13-8-12(15)16)2-3-10(11)18-5-4-14/h2-3,6,13-14H,4-5,7-8H2,1H3,(H,15,16). The number of benzene rings is 1. The van der Waals surface area contributed by atoms with Gasteiger partial charge in [0.15, 0.2) is 11.5 Å². The third-order valence-electron chi connectivity index (χ3n) is 2.18. The van der Waals surface area contributed by atoms with Crippen LogP contribution in [0.15, 0.2) is 18.2 Å². The highest BCUT2D eigenvalue weighted by Crippen LogP contribution is 2.27. The molecule has 0 heterocycles. The van der Waals surface area contributed by atoms with Crippen LogP contribution in [0, 0.1) is 0 Å². The highest BCUT2D eigenvalue weighted by atomic mass is 16.5. The molecule has 0 radical (unpaired) electrons. The van der Waals surface area contributed by atoms with Crippen LogP contribution in [-0.2, 0) is 11.3 Å². The molecule has 1 aromatic rings. The number of aliphatic carboxylic acids is 1. The molecule has 1 aromatic carbocycles. The highest BCUT2D eigenvalue weighted by Gasteiger charge is 2.06. The quantitative estimate of drug-likeness (QED) is 0.616. The first-order valence-corrected chi connectivity index (χ1v) is 5.50. The summed E-state index contributed by atoms with van der Waals surface area (Å²) in [6.07, 6.45) is 0. The van der Waals surface area contributed by atoms with Crippen molar-refractivity contribution < 1.29 is 24.5 Å². The molecule has 0 atom stereocenters. The lowest BCUT2D eigenvalue weighted by Crippen LogP contribution is -2.21. The molecule has 0 bridgehead atoms. The molecule has 0 saturated heterocycles. The molecule has 0 aromatic heterocycles. The van der Waals surface area contributed by atoms with Gasteiger partial charge >= 0.3 is 5.97 Å². The molecule has 6 heteroatoms. The molecule has 0 aliphatic rings. The van der Waals surface area contributed by atoms with Crippen molar-refractivity contribution in [3.63, 3.8) is 0 Å². The molecule has 1 rings (SSSR count). The molecule has 0 aliphatic carbocycles. The van der Waals surface area contributed by atoms with E-state index in [2.05, 4.69) is 5.32 Å². The maximum atomic E-state index is 10.4. The Hall–Kier alpha value is -1.79. The number of carboxylic acids is 1. The van der Waals surface area contributed by atoms with Gasteiger partial charge in [0.25, 0.3) is 0 Å². The van der Waals surface area contributed by atoms with E-state index in [1.54, 1.807) is 12.1 Å². The number of aliphatic hydroxyl groups is 1. The minimum atomic E-state index is -0.898. The first-order valence-electron chi connectivity index (χ1n) is 5.50. The average Bonchev–Trinajstić information content (AvgIpc) is 2.36. The fourth-order valence-electron chi connectivity index (χ4n) is 1.41. The predicted octanol–water partition coefficient (Wildman–Crippen LogP) is 0.240. The van der Waals surface area contributed by atoms with Crippen molar-refractivity contribution in [3.05, 3.63) is 23.8 Å². The topological polar surface area (TPSA) is 88.0 Å². The van der Waals surface area contributed by atoms with Crippen LogP contribution in [0.5, 0.6) is 11.5 Å². The van der Waals surface area contributed by atoms with E-state index in [0.717, 1.165) is 5.56 Å². The number of methoxy groups -OCH3 is 1. The van der Waals surface area contributed by atoms with Gasteiger partial charge in [-0.15, -0.1) is 0 Å². The van der Waals surface area contributed by atoms with Crippen LogP contribution in [-0.4, -0.2) is 43.1 Å². The summed E-state index contributed by atoms with van der Waals surface area (Å²) in [6, 6.07) is 5.30. The van der Waals surface area contributed by atoms with Gasteiger partial charge in [-0.1, -0.05) is 6.07 Å². The van der Waals surface area contributed by atoms with Crippen LogP contribution in [0.1, 0.15) is 5.56 Å². The van der Waals surface area contributed by atoms with E-state index in [4.69, 9.17) is 19.7 Å². The fraction of sp³-hybridized carbons (Fsp3) is 0.417. The molecule has 0 saturated carbocycles. The number of carboxylic acid groups (broad SMARTS) is 1. The Labute approximate surface area is 105 Å². The number of carbonyl (C=O) groups is 1. The summed E-state index contributed by atoms with van der Waals surface area (Å²) in [7, 11) is 1.52. The maximum Gasteiger partial charge on any atom is 0.317 e. The summed E-state index contributed by atoms with van der Waals surface area (Å²) >= 11 is 0. The van der Waals surface area contributed by atoms with Crippen LogP contribution < -0.4 is 14.8 Å². The van der Waals surface area contributed by atoms with Crippen molar-refractivity contribution in [2.75, 3.05) is 26.9 Å². The van der Waals surface area contributed by atoms with Gasteiger partial charge in [0.1, 0.15) is 6.61 Å². The zero-order valence-corrected chi connectivity index (χ0v) is 10.2. The summed E-state index contributed by atoms with van der Waals surface area (Å²) in [5.41, 5.74) is 0.893. The number of nitrogens with one attached hydrogen (secondary N) is 1. The lowest BCUT2D eigenvalue weighted by molar-refractivity contribution is -0.135. The van der Waals surface area contributed by atoms with Gasteiger partial charge < -0.3 is 25.0 Å². The van der Waals surface area contributed by atoms with Gasteiger partial charge in [0.05, 0.1) is 20.3 Å². The molecule has 0 spiro atoms. The monoisotopic (exact) mass is 255 g/mol. The summed E-state index contributed by atoms with van der Waals surface area (Å²) in [6.45, 7) is 0.478. The zero-order chi connectivity index (χ0) is 13.4. The third-order valence-corrected chi connectivity index (χ3v) is 2.18. The number of hydrogen-bond donors (Lipinski definition) is 3. The van der Waals surface area contributed by atoms with E-state index in [0.29, 0.717) is 18.0 Å². The Kier molecular flexibility index (Phi) is 5.96. The van der Waals surface area contributed by atoms with Crippen LogP contribution in [0.25, 0.3) is 0 Å². The summed E-state index contributed by atoms with van der Waals surface area (Å²) < 4.78 is 10.4. The molecule has 0 aliphatic heterocycles. The summed E-state index contributed by atoms with van der Waals surface area (Å²) in [5.74, 6) is 0.205. The van der Waals surface area contributed by atoms with E-state index in [-0.39, 0.29) is 19.8 Å². The molecule has 6 nitrogen and oxygen atoms in total. The van der Waals surface area contributed by atoms with Crippen LogP contribution in [0.2, 0.25) is 0 Å². The Bertz CT molecular complexity index is 394. The molecule has 3 N–H and O–H groups in total. The second-order valence-electron chi connectivity index (χ2n) is 3.55. The van der Waals surface area contributed by atoms with E-state index >= 15 is 0 Å². The second kappa shape index (κ2) is 7.52. The maximum absolute atomic E-state index is 10.4. The first-order chi connectivity index (χ1) is 8.67. The van der Waals surface area contributed by atoms with Gasteiger partial charge in [0, 0.05) is 6.54 Å². The highest BCUT2D eigenvalue weighted by molar-refractivity contribution is 5.69. The van der Waals surface area contributed by atoms with Gasteiger partial charge in [-0.05, 0) is 17.7 Å². The number of rotatable bonds is 8. The van der Waals surface area contributed by atoms with E-state index < -0.39 is 5.97 Å². The summed E-state index contributed by atoms with van der Waals surface area (Å²) in [4.78, 5) is 10.4. The first kappa shape index (κ1) is 14.3. The minimum Gasteiger partial charge on any atom is -0.493 e.